The van der Waals surface area contributed by atoms with Gasteiger partial charge in [0.25, 0.3) is 0 Å². The summed E-state index contributed by atoms with van der Waals surface area (Å²) in [5.74, 6) is 1.58. The molecule has 1 atom stereocenters. The van der Waals surface area contributed by atoms with Gasteiger partial charge in [-0.3, -0.25) is 4.90 Å². The van der Waals surface area contributed by atoms with E-state index in [4.69, 9.17) is 0 Å². The zero-order chi connectivity index (χ0) is 11.4. The Kier molecular flexibility index (Phi) is 5.07. The molecule has 1 rings (SSSR count). The van der Waals surface area contributed by atoms with Crippen molar-refractivity contribution < 1.29 is 0 Å². The minimum absolute atomic E-state index is 0.742. The molecule has 2 heteroatoms. The van der Waals surface area contributed by atoms with Gasteiger partial charge in [-0.15, -0.1) is 0 Å². The summed E-state index contributed by atoms with van der Waals surface area (Å²) in [5, 5.41) is 0. The normalized spacial score (nSPS) is 22.6. The van der Waals surface area contributed by atoms with Gasteiger partial charge in [0.1, 0.15) is 0 Å². The maximum Gasteiger partial charge on any atom is 0.0113 e. The Hall–Kier alpha value is -0.0800. The third kappa shape index (κ3) is 4.12. The molecule has 2 nitrogen and oxygen atoms in total. The average molecular weight is 212 g/mol. The van der Waals surface area contributed by atoms with Crippen molar-refractivity contribution in [1.82, 2.24) is 9.80 Å². The fourth-order valence-corrected chi connectivity index (χ4v) is 2.29. The summed E-state index contributed by atoms with van der Waals surface area (Å²) >= 11 is 0. The maximum atomic E-state index is 2.64. The Bertz CT molecular complexity index is 169. The van der Waals surface area contributed by atoms with Gasteiger partial charge in [0.05, 0.1) is 0 Å². The smallest absolute Gasteiger partial charge is 0.0113 e. The number of hydrogen-bond acceptors (Lipinski definition) is 2. The van der Waals surface area contributed by atoms with Crippen molar-refractivity contribution in [3.8, 4) is 0 Å². The standard InChI is InChI=1S/C13H28N2/c1-11(2)10-14-6-8-15(9-7-14)13(5)12(3)4/h11-13H,6-10H2,1-5H3. The van der Waals surface area contributed by atoms with E-state index in [0.29, 0.717) is 0 Å². The molecule has 0 N–H and O–H groups in total. The van der Waals surface area contributed by atoms with Crippen molar-refractivity contribution in [3.63, 3.8) is 0 Å². The van der Waals surface area contributed by atoms with E-state index in [9.17, 15) is 0 Å². The van der Waals surface area contributed by atoms with Crippen LogP contribution in [0.4, 0.5) is 0 Å². The van der Waals surface area contributed by atoms with E-state index in [0.717, 1.165) is 17.9 Å². The lowest BCUT2D eigenvalue weighted by atomic mass is 10.0. The highest BCUT2D eigenvalue weighted by Crippen LogP contribution is 2.13. The molecule has 0 saturated carbocycles. The summed E-state index contributed by atoms with van der Waals surface area (Å²) in [6, 6.07) is 0.742. The molecular formula is C13H28N2. The number of hydrogen-bond donors (Lipinski definition) is 0. The quantitative estimate of drug-likeness (QED) is 0.705. The minimum atomic E-state index is 0.742. The van der Waals surface area contributed by atoms with E-state index in [-0.39, 0.29) is 0 Å². The summed E-state index contributed by atoms with van der Waals surface area (Å²) in [7, 11) is 0. The summed E-state index contributed by atoms with van der Waals surface area (Å²) in [4.78, 5) is 5.25. The molecule has 1 saturated heterocycles. The summed E-state index contributed by atoms with van der Waals surface area (Å²) in [6.07, 6.45) is 0. The van der Waals surface area contributed by atoms with Crippen molar-refractivity contribution in [2.45, 2.75) is 40.7 Å². The molecule has 0 radical (unpaired) electrons. The third-order valence-corrected chi connectivity index (χ3v) is 3.57. The molecule has 1 fully saturated rings. The summed E-state index contributed by atoms with van der Waals surface area (Å²) < 4.78 is 0. The van der Waals surface area contributed by atoms with Crippen LogP contribution in [-0.2, 0) is 0 Å². The van der Waals surface area contributed by atoms with E-state index in [2.05, 4.69) is 44.4 Å². The molecule has 90 valence electrons. The van der Waals surface area contributed by atoms with Crippen LogP contribution in [0.1, 0.15) is 34.6 Å². The second-order valence-corrected chi connectivity index (χ2v) is 5.72. The molecule has 1 heterocycles. The first-order valence-corrected chi connectivity index (χ1v) is 6.47. The van der Waals surface area contributed by atoms with Gasteiger partial charge in [-0.1, -0.05) is 27.7 Å². The van der Waals surface area contributed by atoms with Crippen LogP contribution in [0.3, 0.4) is 0 Å². The predicted octanol–water partition coefficient (Wildman–Crippen LogP) is 2.30. The largest absolute Gasteiger partial charge is 0.301 e. The second kappa shape index (κ2) is 5.86. The van der Waals surface area contributed by atoms with Crippen LogP contribution in [0.15, 0.2) is 0 Å². The highest BCUT2D eigenvalue weighted by atomic mass is 15.3. The van der Waals surface area contributed by atoms with Crippen molar-refractivity contribution in [2.75, 3.05) is 32.7 Å². The van der Waals surface area contributed by atoms with Gasteiger partial charge >= 0.3 is 0 Å². The number of piperazine rings is 1. The Morgan fingerprint density at radius 3 is 1.80 bits per heavy atom. The van der Waals surface area contributed by atoms with E-state index in [1.54, 1.807) is 0 Å². The molecule has 0 spiro atoms. The van der Waals surface area contributed by atoms with Gasteiger partial charge in [-0.2, -0.15) is 0 Å². The average Bonchev–Trinajstić information content (AvgIpc) is 2.17. The zero-order valence-electron chi connectivity index (χ0n) is 11.2. The van der Waals surface area contributed by atoms with Crippen LogP contribution in [-0.4, -0.2) is 48.6 Å². The van der Waals surface area contributed by atoms with Gasteiger partial charge in [-0.05, 0) is 18.8 Å². The lowest BCUT2D eigenvalue weighted by Gasteiger charge is -2.40. The molecular weight excluding hydrogens is 184 g/mol. The Morgan fingerprint density at radius 2 is 1.40 bits per heavy atom. The van der Waals surface area contributed by atoms with Gasteiger partial charge in [-0.25, -0.2) is 0 Å². The van der Waals surface area contributed by atoms with E-state index in [1.165, 1.54) is 32.7 Å². The fraction of sp³-hybridized carbons (Fsp3) is 1.00. The van der Waals surface area contributed by atoms with Gasteiger partial charge < -0.3 is 4.90 Å². The molecule has 1 unspecified atom stereocenters. The molecule has 0 aromatic rings. The van der Waals surface area contributed by atoms with E-state index >= 15 is 0 Å². The number of nitrogens with zero attached hydrogens (tertiary/aromatic N) is 2. The van der Waals surface area contributed by atoms with Gasteiger partial charge in [0, 0.05) is 38.8 Å². The van der Waals surface area contributed by atoms with E-state index in [1.807, 2.05) is 0 Å². The first-order chi connectivity index (χ1) is 7.00. The highest BCUT2D eigenvalue weighted by Gasteiger charge is 2.22. The second-order valence-electron chi connectivity index (χ2n) is 5.72. The van der Waals surface area contributed by atoms with Crippen LogP contribution in [0.25, 0.3) is 0 Å². The minimum Gasteiger partial charge on any atom is -0.301 e. The fourth-order valence-electron chi connectivity index (χ4n) is 2.29. The van der Waals surface area contributed by atoms with Crippen LogP contribution >= 0.6 is 0 Å². The molecule has 15 heavy (non-hydrogen) atoms. The van der Waals surface area contributed by atoms with Crippen LogP contribution in [0, 0.1) is 11.8 Å². The molecule has 0 aliphatic carbocycles. The van der Waals surface area contributed by atoms with Gasteiger partial charge in [0.15, 0.2) is 0 Å². The maximum absolute atomic E-state index is 2.64. The van der Waals surface area contributed by atoms with Gasteiger partial charge in [0.2, 0.25) is 0 Å². The van der Waals surface area contributed by atoms with Crippen LogP contribution in [0.2, 0.25) is 0 Å². The first-order valence-electron chi connectivity index (χ1n) is 6.47. The highest BCUT2D eigenvalue weighted by molar-refractivity contribution is 4.78. The topological polar surface area (TPSA) is 6.48 Å². The predicted molar refractivity (Wildman–Crippen MR) is 67.2 cm³/mol. The van der Waals surface area contributed by atoms with E-state index < -0.39 is 0 Å². The first kappa shape index (κ1) is 13.0. The Morgan fingerprint density at radius 1 is 0.867 bits per heavy atom. The Labute approximate surface area is 95.6 Å². The monoisotopic (exact) mass is 212 g/mol. The van der Waals surface area contributed by atoms with Crippen molar-refractivity contribution in [2.24, 2.45) is 11.8 Å². The molecule has 0 aromatic heterocycles. The lowest BCUT2D eigenvalue weighted by Crippen LogP contribution is -2.51. The Balaban J connectivity index is 2.29. The van der Waals surface area contributed by atoms with Crippen molar-refractivity contribution in [1.29, 1.82) is 0 Å². The lowest BCUT2D eigenvalue weighted by molar-refractivity contribution is 0.0782. The molecule has 0 amide bonds. The van der Waals surface area contributed by atoms with Crippen molar-refractivity contribution in [3.05, 3.63) is 0 Å². The molecule has 1 aliphatic rings. The zero-order valence-corrected chi connectivity index (χ0v) is 11.2. The van der Waals surface area contributed by atoms with Crippen molar-refractivity contribution >= 4 is 0 Å². The number of rotatable bonds is 4. The van der Waals surface area contributed by atoms with Crippen LogP contribution in [0.5, 0.6) is 0 Å². The molecule has 0 aromatic carbocycles. The van der Waals surface area contributed by atoms with Crippen LogP contribution < -0.4 is 0 Å². The summed E-state index contributed by atoms with van der Waals surface area (Å²) in [6.45, 7) is 17.9. The SMILES string of the molecule is CC(C)CN1CCN(C(C)C(C)C)CC1. The molecule has 0 bridgehead atoms. The third-order valence-electron chi connectivity index (χ3n) is 3.57. The summed E-state index contributed by atoms with van der Waals surface area (Å²) in [5.41, 5.74) is 0. The molecule has 1 aliphatic heterocycles.